The van der Waals surface area contributed by atoms with Gasteiger partial charge >= 0.3 is 0 Å². The van der Waals surface area contributed by atoms with Crippen molar-refractivity contribution in [3.8, 4) is 0 Å². The number of ketones is 1. The molecule has 0 saturated heterocycles. The first-order chi connectivity index (χ1) is 8.36. The molecule has 0 aromatic heterocycles. The number of benzene rings is 2. The molecule has 2 aromatic rings. The van der Waals surface area contributed by atoms with Gasteiger partial charge in [-0.15, -0.1) is 0 Å². The molecule has 0 aliphatic heterocycles. The van der Waals surface area contributed by atoms with E-state index in [9.17, 15) is 4.79 Å². The zero-order valence-electron chi connectivity index (χ0n) is 9.54. The average Bonchev–Trinajstić information content (AvgIpc) is 3.20. The molecule has 0 bridgehead atoms. The van der Waals surface area contributed by atoms with Crippen LogP contribution in [-0.4, -0.2) is 5.78 Å². The second-order valence-electron chi connectivity index (χ2n) is 4.59. The van der Waals surface area contributed by atoms with Crippen LogP contribution in [0.1, 0.15) is 28.3 Å². The predicted octanol–water partition coefficient (Wildman–Crippen LogP) is 3.67. The summed E-state index contributed by atoms with van der Waals surface area (Å²) in [6.45, 7) is 0. The molecule has 0 spiro atoms. The molecule has 1 aliphatic carbocycles. The van der Waals surface area contributed by atoms with Crippen LogP contribution in [0, 0.1) is 5.92 Å². The van der Waals surface area contributed by atoms with Crippen molar-refractivity contribution in [3.05, 3.63) is 71.8 Å². The van der Waals surface area contributed by atoms with Crippen LogP contribution in [-0.2, 0) is 0 Å². The Bertz CT molecular complexity index is 516. The summed E-state index contributed by atoms with van der Waals surface area (Å²) in [5.41, 5.74) is 2.14. The lowest BCUT2D eigenvalue weighted by Crippen LogP contribution is -2.02. The molecule has 1 aliphatic rings. The Morgan fingerprint density at radius 2 is 1.47 bits per heavy atom. The highest BCUT2D eigenvalue weighted by atomic mass is 16.1. The van der Waals surface area contributed by atoms with Gasteiger partial charge in [0.15, 0.2) is 5.78 Å². The second kappa shape index (κ2) is 4.17. The zero-order valence-corrected chi connectivity index (χ0v) is 9.54. The van der Waals surface area contributed by atoms with Crippen LogP contribution in [0.4, 0.5) is 0 Å². The zero-order chi connectivity index (χ0) is 11.7. The molecule has 84 valence electrons. The summed E-state index contributed by atoms with van der Waals surface area (Å²) in [5, 5.41) is 0. The van der Waals surface area contributed by atoms with Gasteiger partial charge in [-0.25, -0.2) is 0 Å². The van der Waals surface area contributed by atoms with E-state index in [2.05, 4.69) is 12.1 Å². The molecule has 1 fully saturated rings. The number of carbonyl (C=O) groups is 1. The van der Waals surface area contributed by atoms with E-state index in [-0.39, 0.29) is 5.92 Å². The van der Waals surface area contributed by atoms with Crippen LogP contribution in [0.15, 0.2) is 60.7 Å². The largest absolute Gasteiger partial charge is 0.294 e. The quantitative estimate of drug-likeness (QED) is 0.724. The molecule has 2 aromatic carbocycles. The van der Waals surface area contributed by atoms with Crippen molar-refractivity contribution in [3.63, 3.8) is 0 Å². The highest BCUT2D eigenvalue weighted by Crippen LogP contribution is 2.48. The normalized spacial score (nSPS) is 22.1. The van der Waals surface area contributed by atoms with Gasteiger partial charge in [-0.3, -0.25) is 4.79 Å². The maximum atomic E-state index is 12.2. The molecule has 1 nitrogen and oxygen atoms in total. The Labute approximate surface area is 101 Å². The maximum absolute atomic E-state index is 12.2. The van der Waals surface area contributed by atoms with E-state index in [4.69, 9.17) is 0 Å². The van der Waals surface area contributed by atoms with Crippen molar-refractivity contribution in [2.75, 3.05) is 0 Å². The fourth-order valence-electron chi connectivity index (χ4n) is 2.37. The maximum Gasteiger partial charge on any atom is 0.166 e. The lowest BCUT2D eigenvalue weighted by Gasteiger charge is -2.00. The van der Waals surface area contributed by atoms with Gasteiger partial charge in [-0.1, -0.05) is 60.7 Å². The summed E-state index contributed by atoms with van der Waals surface area (Å²) >= 11 is 0. The van der Waals surface area contributed by atoms with Crippen LogP contribution in [0.2, 0.25) is 0 Å². The second-order valence-corrected chi connectivity index (χ2v) is 4.59. The van der Waals surface area contributed by atoms with Gasteiger partial charge in [0.1, 0.15) is 0 Å². The molecule has 0 radical (unpaired) electrons. The summed E-state index contributed by atoms with van der Waals surface area (Å²) in [7, 11) is 0. The standard InChI is InChI=1S/C16H14O/c17-16(13-9-5-2-6-10-13)15-11-14(15)12-7-3-1-4-8-12/h1-10,14-15H,11H2/t14-,15-/m1/s1. The number of rotatable bonds is 3. The fraction of sp³-hybridized carbons (Fsp3) is 0.188. The summed E-state index contributed by atoms with van der Waals surface area (Å²) < 4.78 is 0. The molecule has 1 heteroatoms. The molecular formula is C16H14O. The first kappa shape index (κ1) is 10.3. The third-order valence-electron chi connectivity index (χ3n) is 3.41. The SMILES string of the molecule is O=C(c1ccccc1)[C@@H]1C[C@@H]1c1ccccc1. The number of hydrogen-bond donors (Lipinski definition) is 0. The van der Waals surface area contributed by atoms with Gasteiger partial charge in [0, 0.05) is 11.5 Å². The molecule has 3 rings (SSSR count). The lowest BCUT2D eigenvalue weighted by atomic mass is 10.0. The third kappa shape index (κ3) is 2.01. The minimum Gasteiger partial charge on any atom is -0.294 e. The van der Waals surface area contributed by atoms with Crippen LogP contribution in [0.3, 0.4) is 0 Å². The highest BCUT2D eigenvalue weighted by Gasteiger charge is 2.43. The Balaban J connectivity index is 1.76. The average molecular weight is 222 g/mol. The Morgan fingerprint density at radius 1 is 0.882 bits per heavy atom. The fourth-order valence-corrected chi connectivity index (χ4v) is 2.37. The van der Waals surface area contributed by atoms with E-state index in [1.165, 1.54) is 5.56 Å². The monoisotopic (exact) mass is 222 g/mol. The topological polar surface area (TPSA) is 17.1 Å². The number of Topliss-reactive ketones (excluding diaryl/α,β-unsaturated/α-hetero) is 1. The van der Waals surface area contributed by atoms with E-state index in [0.29, 0.717) is 11.7 Å². The van der Waals surface area contributed by atoms with Gasteiger partial charge in [-0.05, 0) is 17.9 Å². The van der Waals surface area contributed by atoms with Crippen LogP contribution in [0.25, 0.3) is 0 Å². The number of carbonyl (C=O) groups excluding carboxylic acids is 1. The van der Waals surface area contributed by atoms with Crippen molar-refractivity contribution in [1.82, 2.24) is 0 Å². The Hall–Kier alpha value is -1.89. The summed E-state index contributed by atoms with van der Waals surface area (Å²) in [4.78, 5) is 12.2. The van der Waals surface area contributed by atoms with Crippen molar-refractivity contribution in [1.29, 1.82) is 0 Å². The highest BCUT2D eigenvalue weighted by molar-refractivity contribution is 6.00. The van der Waals surface area contributed by atoms with Gasteiger partial charge in [0.2, 0.25) is 0 Å². The molecule has 2 atom stereocenters. The molecular weight excluding hydrogens is 208 g/mol. The molecule has 17 heavy (non-hydrogen) atoms. The van der Waals surface area contributed by atoms with Crippen molar-refractivity contribution < 1.29 is 4.79 Å². The van der Waals surface area contributed by atoms with Gasteiger partial charge in [0.25, 0.3) is 0 Å². The van der Waals surface area contributed by atoms with E-state index in [0.717, 1.165) is 12.0 Å². The van der Waals surface area contributed by atoms with Crippen molar-refractivity contribution in [2.24, 2.45) is 5.92 Å². The van der Waals surface area contributed by atoms with Crippen molar-refractivity contribution in [2.45, 2.75) is 12.3 Å². The van der Waals surface area contributed by atoms with E-state index >= 15 is 0 Å². The smallest absolute Gasteiger partial charge is 0.166 e. The van der Waals surface area contributed by atoms with Crippen LogP contribution in [0.5, 0.6) is 0 Å². The predicted molar refractivity (Wildman–Crippen MR) is 68.1 cm³/mol. The van der Waals surface area contributed by atoms with Gasteiger partial charge in [-0.2, -0.15) is 0 Å². The molecule has 1 saturated carbocycles. The summed E-state index contributed by atoms with van der Waals surface area (Å²) in [5.74, 6) is 0.920. The molecule has 0 heterocycles. The third-order valence-corrected chi connectivity index (χ3v) is 3.41. The van der Waals surface area contributed by atoms with Crippen LogP contribution < -0.4 is 0 Å². The van der Waals surface area contributed by atoms with Gasteiger partial charge < -0.3 is 0 Å². The molecule has 0 N–H and O–H groups in total. The first-order valence-electron chi connectivity index (χ1n) is 6.00. The minimum absolute atomic E-state index is 0.194. The van der Waals surface area contributed by atoms with Crippen LogP contribution >= 0.6 is 0 Å². The molecule has 0 unspecified atom stereocenters. The Kier molecular flexibility index (Phi) is 2.52. The van der Waals surface area contributed by atoms with E-state index in [1.54, 1.807) is 0 Å². The Morgan fingerprint density at radius 3 is 2.12 bits per heavy atom. The van der Waals surface area contributed by atoms with E-state index in [1.807, 2.05) is 48.5 Å². The summed E-state index contributed by atoms with van der Waals surface area (Å²) in [6, 6.07) is 19.9. The minimum atomic E-state index is 0.194. The molecule has 0 amide bonds. The lowest BCUT2D eigenvalue weighted by molar-refractivity contribution is 0.0965. The van der Waals surface area contributed by atoms with Crippen molar-refractivity contribution >= 4 is 5.78 Å². The van der Waals surface area contributed by atoms with Gasteiger partial charge in [0.05, 0.1) is 0 Å². The number of hydrogen-bond acceptors (Lipinski definition) is 1. The summed E-state index contributed by atoms with van der Waals surface area (Å²) in [6.07, 6.45) is 0.998. The first-order valence-corrected chi connectivity index (χ1v) is 6.00. The van der Waals surface area contributed by atoms with E-state index < -0.39 is 0 Å².